The quantitative estimate of drug-likeness (QED) is 0.458. The van der Waals surface area contributed by atoms with Gasteiger partial charge in [-0.05, 0) is 48.2 Å². The second kappa shape index (κ2) is 9.25. The number of allylic oxidation sites excluding steroid dienone is 1. The van der Waals surface area contributed by atoms with Gasteiger partial charge in [-0.1, -0.05) is 30.3 Å². The SMILES string of the molecule is COc1ccc(C2CC(=O)C3=C(C2)Nc2ccccc2NC3c2cccc(OC)c2O)cc1OC. The minimum atomic E-state index is -0.532. The van der Waals surface area contributed by atoms with E-state index in [0.717, 1.165) is 22.6 Å². The molecule has 3 aromatic carbocycles. The van der Waals surface area contributed by atoms with Crippen molar-refractivity contribution in [1.82, 2.24) is 0 Å². The number of Topliss-reactive ketones (excluding diaryl/α,β-unsaturated/α-hetero) is 1. The van der Waals surface area contributed by atoms with Crippen LogP contribution in [0.15, 0.2) is 71.9 Å². The van der Waals surface area contributed by atoms with Crippen molar-refractivity contribution in [2.24, 2.45) is 0 Å². The smallest absolute Gasteiger partial charge is 0.163 e. The Balaban J connectivity index is 1.61. The number of rotatable bonds is 5. The molecule has 35 heavy (non-hydrogen) atoms. The number of para-hydroxylation sites is 3. The van der Waals surface area contributed by atoms with E-state index in [2.05, 4.69) is 10.6 Å². The fourth-order valence-corrected chi connectivity index (χ4v) is 5.01. The number of phenolic OH excluding ortho intramolecular Hbond substituents is 1. The fraction of sp³-hybridized carbons (Fsp3) is 0.250. The number of ketones is 1. The fourth-order valence-electron chi connectivity index (χ4n) is 5.01. The minimum absolute atomic E-state index is 0.0195. The zero-order valence-electron chi connectivity index (χ0n) is 19.9. The van der Waals surface area contributed by atoms with Crippen molar-refractivity contribution < 1.29 is 24.1 Å². The van der Waals surface area contributed by atoms with Gasteiger partial charge in [-0.3, -0.25) is 4.79 Å². The molecule has 180 valence electrons. The molecule has 7 nitrogen and oxygen atoms in total. The zero-order chi connectivity index (χ0) is 24.5. The zero-order valence-corrected chi connectivity index (χ0v) is 19.9. The van der Waals surface area contributed by atoms with E-state index in [1.165, 1.54) is 7.11 Å². The molecule has 2 unspecified atom stereocenters. The van der Waals surface area contributed by atoms with E-state index in [4.69, 9.17) is 14.2 Å². The monoisotopic (exact) mass is 472 g/mol. The lowest BCUT2D eigenvalue weighted by Gasteiger charge is -2.30. The summed E-state index contributed by atoms with van der Waals surface area (Å²) in [4.78, 5) is 13.7. The van der Waals surface area contributed by atoms with E-state index in [1.54, 1.807) is 20.3 Å². The van der Waals surface area contributed by atoms with Crippen LogP contribution in [0.4, 0.5) is 11.4 Å². The summed E-state index contributed by atoms with van der Waals surface area (Å²) in [5.74, 6) is 1.66. The van der Waals surface area contributed by atoms with Gasteiger partial charge in [0.1, 0.15) is 0 Å². The second-order valence-corrected chi connectivity index (χ2v) is 8.68. The molecule has 2 atom stereocenters. The molecule has 1 heterocycles. The molecule has 0 amide bonds. The highest BCUT2D eigenvalue weighted by Crippen LogP contribution is 2.47. The summed E-state index contributed by atoms with van der Waals surface area (Å²) in [5, 5.41) is 18.0. The first-order chi connectivity index (χ1) is 17.0. The number of hydrogen-bond acceptors (Lipinski definition) is 7. The molecule has 0 aromatic heterocycles. The van der Waals surface area contributed by atoms with E-state index in [0.29, 0.717) is 41.2 Å². The Morgan fingerprint density at radius 3 is 2.31 bits per heavy atom. The first kappa shape index (κ1) is 22.7. The topological polar surface area (TPSA) is 89.1 Å². The van der Waals surface area contributed by atoms with Gasteiger partial charge in [-0.2, -0.15) is 0 Å². The van der Waals surface area contributed by atoms with E-state index in [1.807, 2.05) is 54.6 Å². The van der Waals surface area contributed by atoms with Crippen LogP contribution in [0, 0.1) is 0 Å². The number of carbonyl (C=O) groups is 1. The Hall–Kier alpha value is -4.13. The lowest BCUT2D eigenvalue weighted by atomic mass is 9.78. The summed E-state index contributed by atoms with van der Waals surface area (Å²) >= 11 is 0. The number of fused-ring (bicyclic) bond motifs is 1. The average Bonchev–Trinajstić information content (AvgIpc) is 3.05. The maximum absolute atomic E-state index is 13.7. The van der Waals surface area contributed by atoms with Gasteiger partial charge in [0, 0.05) is 23.3 Å². The molecule has 1 aliphatic carbocycles. The predicted octanol–water partition coefficient (Wildman–Crippen LogP) is 5.40. The summed E-state index contributed by atoms with van der Waals surface area (Å²) in [6.45, 7) is 0. The van der Waals surface area contributed by atoms with Crippen LogP contribution in [0.1, 0.15) is 35.9 Å². The average molecular weight is 473 g/mol. The van der Waals surface area contributed by atoms with Crippen LogP contribution in [0.5, 0.6) is 23.0 Å². The number of methoxy groups -OCH3 is 3. The van der Waals surface area contributed by atoms with Crippen LogP contribution >= 0.6 is 0 Å². The molecule has 2 aliphatic rings. The van der Waals surface area contributed by atoms with Gasteiger partial charge < -0.3 is 30.0 Å². The second-order valence-electron chi connectivity index (χ2n) is 8.68. The molecule has 3 aromatic rings. The molecule has 0 fully saturated rings. The molecular formula is C28H28N2O5. The van der Waals surface area contributed by atoms with Crippen LogP contribution < -0.4 is 24.8 Å². The van der Waals surface area contributed by atoms with Crippen molar-refractivity contribution in [2.45, 2.75) is 24.8 Å². The number of carbonyl (C=O) groups excluding carboxylic acids is 1. The van der Waals surface area contributed by atoms with E-state index in [-0.39, 0.29) is 17.5 Å². The lowest BCUT2D eigenvalue weighted by molar-refractivity contribution is -0.116. The van der Waals surface area contributed by atoms with Gasteiger partial charge in [0.15, 0.2) is 28.8 Å². The highest BCUT2D eigenvalue weighted by Gasteiger charge is 2.37. The largest absolute Gasteiger partial charge is 0.504 e. The molecule has 0 spiro atoms. The van der Waals surface area contributed by atoms with Crippen molar-refractivity contribution in [2.75, 3.05) is 32.0 Å². The highest BCUT2D eigenvalue weighted by molar-refractivity contribution is 6.01. The minimum Gasteiger partial charge on any atom is -0.504 e. The predicted molar refractivity (Wildman–Crippen MR) is 135 cm³/mol. The molecule has 1 aliphatic heterocycles. The van der Waals surface area contributed by atoms with Gasteiger partial charge in [-0.25, -0.2) is 0 Å². The van der Waals surface area contributed by atoms with Crippen LogP contribution in [0.2, 0.25) is 0 Å². The maximum atomic E-state index is 13.7. The number of phenols is 1. The molecular weight excluding hydrogens is 444 g/mol. The molecule has 0 saturated carbocycles. The summed E-state index contributed by atoms with van der Waals surface area (Å²) < 4.78 is 16.2. The number of nitrogens with one attached hydrogen (secondary N) is 2. The molecule has 0 bridgehead atoms. The Bertz CT molecular complexity index is 1320. The summed E-state index contributed by atoms with van der Waals surface area (Å²) in [6, 6.07) is 18.4. The number of benzene rings is 3. The summed E-state index contributed by atoms with van der Waals surface area (Å²) in [5.41, 5.74) is 4.80. The summed E-state index contributed by atoms with van der Waals surface area (Å²) in [7, 11) is 4.72. The standard InChI is InChI=1S/C28H28N2O5/c1-33-23-12-11-16(15-25(23)35-3)17-13-21-26(22(31)14-17)27(18-7-6-10-24(34-2)28(18)32)30-20-9-5-4-8-19(20)29-21/h4-12,15,17,27,29-30,32H,13-14H2,1-3H3. The first-order valence-electron chi connectivity index (χ1n) is 11.5. The third-order valence-electron chi connectivity index (χ3n) is 6.75. The molecule has 5 rings (SSSR count). The molecule has 3 N–H and O–H groups in total. The van der Waals surface area contributed by atoms with Crippen LogP contribution in [0.25, 0.3) is 0 Å². The van der Waals surface area contributed by atoms with Crippen LogP contribution in [-0.4, -0.2) is 32.2 Å². The Kier molecular flexibility index (Phi) is 5.99. The van der Waals surface area contributed by atoms with Crippen LogP contribution in [0.3, 0.4) is 0 Å². The van der Waals surface area contributed by atoms with Crippen LogP contribution in [-0.2, 0) is 4.79 Å². The molecule has 7 heteroatoms. The third kappa shape index (κ3) is 4.03. The van der Waals surface area contributed by atoms with Crippen molar-refractivity contribution in [3.8, 4) is 23.0 Å². The Morgan fingerprint density at radius 1 is 0.829 bits per heavy atom. The van der Waals surface area contributed by atoms with Gasteiger partial charge >= 0.3 is 0 Å². The van der Waals surface area contributed by atoms with Crippen molar-refractivity contribution in [1.29, 1.82) is 0 Å². The van der Waals surface area contributed by atoms with E-state index in [9.17, 15) is 9.90 Å². The highest BCUT2D eigenvalue weighted by atomic mass is 16.5. The first-order valence-corrected chi connectivity index (χ1v) is 11.5. The van der Waals surface area contributed by atoms with Crippen molar-refractivity contribution >= 4 is 17.2 Å². The van der Waals surface area contributed by atoms with Gasteiger partial charge in [0.05, 0.1) is 38.7 Å². The normalized spacial score (nSPS) is 19.0. The van der Waals surface area contributed by atoms with Crippen molar-refractivity contribution in [3.63, 3.8) is 0 Å². The Labute approximate surface area is 204 Å². The van der Waals surface area contributed by atoms with E-state index >= 15 is 0 Å². The van der Waals surface area contributed by atoms with Gasteiger partial charge in [0.25, 0.3) is 0 Å². The lowest BCUT2D eigenvalue weighted by Crippen LogP contribution is -2.27. The number of anilines is 2. The van der Waals surface area contributed by atoms with E-state index < -0.39 is 6.04 Å². The molecule has 0 saturated heterocycles. The van der Waals surface area contributed by atoms with Gasteiger partial charge in [0.2, 0.25) is 0 Å². The Morgan fingerprint density at radius 2 is 1.57 bits per heavy atom. The maximum Gasteiger partial charge on any atom is 0.163 e. The van der Waals surface area contributed by atoms with Gasteiger partial charge in [-0.15, -0.1) is 0 Å². The summed E-state index contributed by atoms with van der Waals surface area (Å²) in [6.07, 6.45) is 0.975. The number of aromatic hydroxyl groups is 1. The number of ether oxygens (including phenoxy) is 3. The third-order valence-corrected chi connectivity index (χ3v) is 6.75. The number of hydrogen-bond donors (Lipinski definition) is 3. The molecule has 0 radical (unpaired) electrons. The van der Waals surface area contributed by atoms with Crippen molar-refractivity contribution in [3.05, 3.63) is 83.1 Å².